The van der Waals surface area contributed by atoms with E-state index in [0.29, 0.717) is 50.8 Å². The number of unbranched alkanes of at least 4 members (excludes halogenated alkanes) is 10. The van der Waals surface area contributed by atoms with Gasteiger partial charge in [0.2, 0.25) is 11.8 Å². The number of benzene rings is 1. The number of rotatable bonds is 35. The summed E-state index contributed by atoms with van der Waals surface area (Å²) in [6.07, 6.45) is 16.8. The molecule has 1 aliphatic rings. The van der Waals surface area contributed by atoms with E-state index >= 15 is 0 Å². The molecule has 3 amide bonds. The number of nitrogens with one attached hydrogen (secondary N) is 2. The number of likely N-dealkylation sites (N-methyl/N-ethyl adjacent to an activating group) is 2. The lowest BCUT2D eigenvalue weighted by Gasteiger charge is -2.38. The second-order valence-electron chi connectivity index (χ2n) is 24.6. The van der Waals surface area contributed by atoms with Gasteiger partial charge in [0, 0.05) is 29.0 Å². The maximum absolute atomic E-state index is 14.8. The Morgan fingerprint density at radius 2 is 1.28 bits per heavy atom. The molecule has 7 atom stereocenters. The number of carboxylic acid groups (broad SMARTS) is 1. The zero-order chi connectivity index (χ0) is 52.0. The predicted octanol–water partition coefficient (Wildman–Crippen LogP) is 10.6. The maximum atomic E-state index is 14.8. The van der Waals surface area contributed by atoms with E-state index in [0.717, 1.165) is 34.9 Å². The van der Waals surface area contributed by atoms with Gasteiger partial charge in [-0.15, -0.1) is 0 Å². The molecular weight excluding hydrogens is 867 g/mol. The number of ether oxygens (including phenoxy) is 1. The molecule has 0 bridgehead atoms. The summed E-state index contributed by atoms with van der Waals surface area (Å²) in [5, 5.41) is 17.3. The van der Waals surface area contributed by atoms with Crippen molar-refractivity contribution in [2.75, 3.05) is 54.4 Å². The van der Waals surface area contributed by atoms with Crippen LogP contribution >= 0.6 is 0 Å². The summed E-state index contributed by atoms with van der Waals surface area (Å²) in [6.45, 7) is 22.0. The Balaban J connectivity index is 2.52. The molecule has 7 unspecified atom stereocenters. The molecule has 0 spiro atoms. The number of amides is 3. The summed E-state index contributed by atoms with van der Waals surface area (Å²) in [7, 11) is 8.98. The highest BCUT2D eigenvalue weighted by atomic mass is 16.5. The van der Waals surface area contributed by atoms with Gasteiger partial charge in [0.05, 0.1) is 53.1 Å². The lowest BCUT2D eigenvalue weighted by atomic mass is 9.74. The Bertz CT molecular complexity index is 1660. The molecule has 1 fully saturated rings. The second-order valence-corrected chi connectivity index (χ2v) is 24.6. The van der Waals surface area contributed by atoms with Crippen molar-refractivity contribution in [2.45, 2.75) is 202 Å². The number of carbonyl (C=O) groups is 5. The molecule has 69 heavy (non-hydrogen) atoms. The van der Waals surface area contributed by atoms with Gasteiger partial charge in [0.1, 0.15) is 13.1 Å². The molecule has 5 N–H and O–H groups in total. The first-order chi connectivity index (χ1) is 32.2. The highest BCUT2D eigenvalue weighted by Gasteiger charge is 2.46. The van der Waals surface area contributed by atoms with Gasteiger partial charge < -0.3 is 35.2 Å². The smallest absolute Gasteiger partial charge is 0.309 e. The topological polar surface area (TPSA) is 165 Å². The first-order valence-electron chi connectivity index (χ1n) is 27.3. The molecule has 12 nitrogen and oxygen atoms in total. The summed E-state index contributed by atoms with van der Waals surface area (Å²) in [4.78, 5) is 68.6. The molecule has 1 aromatic rings. The Kier molecular flexibility index (Phi) is 26.6. The van der Waals surface area contributed by atoms with Gasteiger partial charge >= 0.3 is 11.9 Å². The third-order valence-corrected chi connectivity index (χ3v) is 14.7. The minimum Gasteiger partial charge on any atom is -0.481 e. The Labute approximate surface area is 420 Å². The summed E-state index contributed by atoms with van der Waals surface area (Å²) < 4.78 is 8.11. The van der Waals surface area contributed by atoms with E-state index in [2.05, 4.69) is 73.4 Å². The molecular formula is C57H103N5O7+2. The summed E-state index contributed by atoms with van der Waals surface area (Å²) in [5.74, 6) is -5.92. The summed E-state index contributed by atoms with van der Waals surface area (Å²) >= 11 is 0. The lowest BCUT2D eigenvalue weighted by molar-refractivity contribution is -0.914. The maximum Gasteiger partial charge on any atom is 0.309 e. The quantitative estimate of drug-likeness (QED) is 0.0299. The highest BCUT2D eigenvalue weighted by molar-refractivity contribution is 5.94. The van der Waals surface area contributed by atoms with E-state index in [1.165, 1.54) is 64.2 Å². The minimum absolute atomic E-state index is 0.0721. The molecule has 1 aliphatic carbocycles. The van der Waals surface area contributed by atoms with Gasteiger partial charge in [-0.2, -0.15) is 0 Å². The molecule has 2 rings (SSSR count). The van der Waals surface area contributed by atoms with Crippen molar-refractivity contribution < 1.29 is 42.8 Å². The first kappa shape index (κ1) is 61.6. The van der Waals surface area contributed by atoms with Crippen molar-refractivity contribution in [3.63, 3.8) is 0 Å². The summed E-state index contributed by atoms with van der Waals surface area (Å²) in [5.41, 5.74) is 5.65. The van der Waals surface area contributed by atoms with Crippen LogP contribution in [0.3, 0.4) is 0 Å². The minimum atomic E-state index is -1.02. The third kappa shape index (κ3) is 24.4. The fourth-order valence-electron chi connectivity index (χ4n) is 11.5. The van der Waals surface area contributed by atoms with Crippen molar-refractivity contribution >= 4 is 29.7 Å². The van der Waals surface area contributed by atoms with Crippen LogP contribution in [0.15, 0.2) is 30.3 Å². The van der Waals surface area contributed by atoms with Crippen LogP contribution in [0.4, 0.5) is 0 Å². The fourth-order valence-corrected chi connectivity index (χ4v) is 11.5. The van der Waals surface area contributed by atoms with Crippen LogP contribution in [-0.4, -0.2) is 116 Å². The monoisotopic (exact) mass is 970 g/mol. The van der Waals surface area contributed by atoms with Crippen LogP contribution in [-0.2, 0) is 23.9 Å². The number of hydrogen-bond acceptors (Lipinski definition) is 6. The molecule has 0 heterocycles. The lowest BCUT2D eigenvalue weighted by Crippen LogP contribution is -2.54. The van der Waals surface area contributed by atoms with Crippen LogP contribution in [0.1, 0.15) is 195 Å². The number of nitrogens with two attached hydrogens (primary N) is 1. The van der Waals surface area contributed by atoms with E-state index in [9.17, 15) is 29.1 Å². The van der Waals surface area contributed by atoms with Gasteiger partial charge in [-0.25, -0.2) is 0 Å². The molecule has 0 saturated heterocycles. The third-order valence-electron chi connectivity index (χ3n) is 14.7. The number of carboxylic acids is 1. The first-order valence-corrected chi connectivity index (χ1v) is 27.3. The Hall–Kier alpha value is -3.51. The summed E-state index contributed by atoms with van der Waals surface area (Å²) in [6, 6.07) is 8.58. The molecule has 1 saturated carbocycles. The van der Waals surface area contributed by atoms with Gasteiger partial charge in [0.25, 0.3) is 5.91 Å². The highest BCUT2D eigenvalue weighted by Crippen LogP contribution is 2.44. The second kappa shape index (κ2) is 29.7. The number of aliphatic carboxylic acids is 1. The van der Waals surface area contributed by atoms with E-state index in [1.54, 1.807) is 24.3 Å². The zero-order valence-corrected chi connectivity index (χ0v) is 46.1. The Morgan fingerprint density at radius 3 is 1.75 bits per heavy atom. The number of carbonyl (C=O) groups excluding carboxylic acids is 4. The number of primary amides is 1. The van der Waals surface area contributed by atoms with E-state index < -0.39 is 47.0 Å². The van der Waals surface area contributed by atoms with E-state index in [1.807, 2.05) is 33.8 Å². The number of hydrogen-bond donors (Lipinski definition) is 4. The van der Waals surface area contributed by atoms with Crippen LogP contribution in [0.2, 0.25) is 0 Å². The van der Waals surface area contributed by atoms with E-state index in [4.69, 9.17) is 10.5 Å². The fraction of sp³-hybridized carbons (Fsp3) is 0.807. The van der Waals surface area contributed by atoms with Crippen molar-refractivity contribution in [1.82, 2.24) is 10.6 Å². The van der Waals surface area contributed by atoms with Crippen LogP contribution in [0.5, 0.6) is 0 Å². The average Bonchev–Trinajstić information content (AvgIpc) is 3.62. The van der Waals surface area contributed by atoms with Crippen LogP contribution in [0.25, 0.3) is 0 Å². The van der Waals surface area contributed by atoms with Crippen molar-refractivity contribution in [1.29, 1.82) is 0 Å². The molecule has 396 valence electrons. The largest absolute Gasteiger partial charge is 0.481 e. The van der Waals surface area contributed by atoms with Gasteiger partial charge in [-0.3, -0.25) is 24.0 Å². The van der Waals surface area contributed by atoms with Gasteiger partial charge in [-0.1, -0.05) is 118 Å². The number of nitrogens with zero attached hydrogens (tertiary/aromatic N) is 2. The SMILES string of the molecule is CCCCCCCC[N+](C)(C)CC(C[N+](C)(C)CCCCCCCC)OC(=O)C(C)CC(CC1CC(NC(=O)c2ccccc2)CC1C(CC(CC)C(N)=O)C(=O)O)C(=O)NC(C)(C)CC(C)(C)C. The normalized spacial score (nSPS) is 18.6. The average molecular weight is 970 g/mol. The molecule has 1 aromatic carbocycles. The van der Waals surface area contributed by atoms with Gasteiger partial charge in [0.15, 0.2) is 6.10 Å². The van der Waals surface area contributed by atoms with Crippen molar-refractivity contribution in [2.24, 2.45) is 46.7 Å². The van der Waals surface area contributed by atoms with Gasteiger partial charge in [-0.05, 0) is 114 Å². The van der Waals surface area contributed by atoms with E-state index in [-0.39, 0.29) is 54.1 Å². The standard InChI is InChI=1S/C57H101N5O7/c1-14-17-19-21-23-28-32-61(10,11)39-48(40-62(12,13)33-29-24-22-20-18-15-2)69-55(68)42(4)34-46(53(65)60-57(8,9)41-56(5,6)7)35-45-36-47(59-52(64)44-30-26-25-27-31-44)38-49(45)50(54(66)67)37-43(16-3)51(58)63/h25-27,30-31,42-43,45-50H,14-24,28-29,32-41H2,1-13H3,(H3-2,58,59,60,63,64,65,66,67)/p+2. The van der Waals surface area contributed by atoms with Crippen molar-refractivity contribution in [3.8, 4) is 0 Å². The van der Waals surface area contributed by atoms with Crippen molar-refractivity contribution in [3.05, 3.63) is 35.9 Å². The molecule has 12 heteroatoms. The number of esters is 1. The molecule has 0 aliphatic heterocycles. The number of quaternary nitrogens is 2. The Morgan fingerprint density at radius 1 is 0.754 bits per heavy atom. The molecule has 0 radical (unpaired) electrons. The zero-order valence-electron chi connectivity index (χ0n) is 46.1. The predicted molar refractivity (Wildman–Crippen MR) is 281 cm³/mol. The molecule has 0 aromatic heterocycles. The van der Waals surface area contributed by atoms with Crippen LogP contribution in [0, 0.1) is 40.9 Å². The van der Waals surface area contributed by atoms with Crippen LogP contribution < -0.4 is 16.4 Å².